The van der Waals surface area contributed by atoms with E-state index < -0.39 is 0 Å². The summed E-state index contributed by atoms with van der Waals surface area (Å²) in [6.45, 7) is 7.65. The minimum atomic E-state index is 0.360. The molecular formula is C17H24N2S. The van der Waals surface area contributed by atoms with Crippen molar-refractivity contribution in [2.45, 2.75) is 45.6 Å². The predicted octanol–water partition coefficient (Wildman–Crippen LogP) is 4.55. The van der Waals surface area contributed by atoms with Gasteiger partial charge in [0.1, 0.15) is 0 Å². The van der Waals surface area contributed by atoms with Gasteiger partial charge in [0, 0.05) is 23.8 Å². The normalized spacial score (nSPS) is 12.8. The molecule has 0 bridgehead atoms. The van der Waals surface area contributed by atoms with E-state index in [9.17, 15) is 0 Å². The zero-order valence-corrected chi connectivity index (χ0v) is 13.4. The fourth-order valence-electron chi connectivity index (χ4n) is 2.20. The van der Waals surface area contributed by atoms with Crippen molar-refractivity contribution in [3.05, 3.63) is 52.0 Å². The van der Waals surface area contributed by atoms with Gasteiger partial charge in [0.15, 0.2) is 0 Å². The van der Waals surface area contributed by atoms with Crippen molar-refractivity contribution < 1.29 is 0 Å². The Balaban J connectivity index is 2.10. The first kappa shape index (κ1) is 15.2. The van der Waals surface area contributed by atoms with Crippen LogP contribution in [0.3, 0.4) is 0 Å². The van der Waals surface area contributed by atoms with Gasteiger partial charge in [-0.1, -0.05) is 51.1 Å². The smallest absolute Gasteiger partial charge is 0.0953 e. The maximum atomic E-state index is 4.76. The van der Waals surface area contributed by atoms with Crippen LogP contribution in [0.5, 0.6) is 0 Å². The second-order valence-electron chi connectivity index (χ2n) is 5.45. The minimum absolute atomic E-state index is 0.360. The van der Waals surface area contributed by atoms with Gasteiger partial charge in [-0.2, -0.15) is 0 Å². The van der Waals surface area contributed by atoms with Gasteiger partial charge in [0.2, 0.25) is 0 Å². The lowest BCUT2D eigenvalue weighted by Gasteiger charge is -2.18. The highest BCUT2D eigenvalue weighted by Gasteiger charge is 2.14. The van der Waals surface area contributed by atoms with E-state index in [2.05, 4.69) is 61.8 Å². The maximum Gasteiger partial charge on any atom is 0.0953 e. The quantitative estimate of drug-likeness (QED) is 0.808. The highest BCUT2D eigenvalue weighted by Crippen LogP contribution is 2.23. The number of hydrogen-bond acceptors (Lipinski definition) is 3. The molecule has 0 amide bonds. The van der Waals surface area contributed by atoms with Gasteiger partial charge in [0.05, 0.1) is 10.7 Å². The van der Waals surface area contributed by atoms with Crippen LogP contribution in [0.25, 0.3) is 0 Å². The summed E-state index contributed by atoms with van der Waals surface area (Å²) >= 11 is 1.78. The Morgan fingerprint density at radius 3 is 2.55 bits per heavy atom. The molecule has 1 N–H and O–H groups in total. The van der Waals surface area contributed by atoms with Gasteiger partial charge >= 0.3 is 0 Å². The van der Waals surface area contributed by atoms with E-state index in [-0.39, 0.29) is 0 Å². The van der Waals surface area contributed by atoms with Crippen molar-refractivity contribution in [3.63, 3.8) is 0 Å². The molecule has 2 nitrogen and oxygen atoms in total. The molecule has 1 aromatic carbocycles. The SMILES string of the molecule is CCCNC(Cc1csc(C(C)C)n1)c1ccccc1. The molecule has 0 fully saturated rings. The molecule has 0 aliphatic rings. The molecule has 0 radical (unpaired) electrons. The molecule has 2 aromatic rings. The number of thiazole rings is 1. The fourth-order valence-corrected chi connectivity index (χ4v) is 3.05. The lowest BCUT2D eigenvalue weighted by atomic mass is 10.0. The molecule has 1 aromatic heterocycles. The molecule has 1 heterocycles. The second-order valence-corrected chi connectivity index (χ2v) is 6.34. The average Bonchev–Trinajstić information content (AvgIpc) is 2.93. The minimum Gasteiger partial charge on any atom is -0.310 e. The van der Waals surface area contributed by atoms with Crippen LogP contribution in [-0.4, -0.2) is 11.5 Å². The van der Waals surface area contributed by atoms with E-state index in [0.717, 1.165) is 19.4 Å². The third-order valence-electron chi connectivity index (χ3n) is 3.32. The Morgan fingerprint density at radius 1 is 1.20 bits per heavy atom. The van der Waals surface area contributed by atoms with Gasteiger partial charge in [0.25, 0.3) is 0 Å². The van der Waals surface area contributed by atoms with Crippen LogP contribution in [-0.2, 0) is 6.42 Å². The van der Waals surface area contributed by atoms with Gasteiger partial charge in [-0.3, -0.25) is 0 Å². The standard InChI is InChI=1S/C17H24N2S/c1-4-10-18-16(14-8-6-5-7-9-14)11-15-12-20-17(19-15)13(2)3/h5-9,12-13,16,18H,4,10-11H2,1-3H3. The average molecular weight is 288 g/mol. The third-order valence-corrected chi connectivity index (χ3v) is 4.51. The number of nitrogens with zero attached hydrogens (tertiary/aromatic N) is 1. The van der Waals surface area contributed by atoms with Crippen LogP contribution >= 0.6 is 11.3 Å². The summed E-state index contributed by atoms with van der Waals surface area (Å²) in [6.07, 6.45) is 2.12. The molecule has 0 aliphatic carbocycles. The number of benzene rings is 1. The van der Waals surface area contributed by atoms with Crippen LogP contribution in [0, 0.1) is 0 Å². The monoisotopic (exact) mass is 288 g/mol. The summed E-state index contributed by atoms with van der Waals surface area (Å²) in [5.74, 6) is 0.521. The Morgan fingerprint density at radius 2 is 1.95 bits per heavy atom. The third kappa shape index (κ3) is 4.15. The molecule has 108 valence electrons. The zero-order chi connectivity index (χ0) is 14.4. The largest absolute Gasteiger partial charge is 0.310 e. The number of rotatable bonds is 7. The Kier molecular flexibility index (Phi) is 5.74. The molecule has 20 heavy (non-hydrogen) atoms. The van der Waals surface area contributed by atoms with E-state index in [1.54, 1.807) is 11.3 Å². The van der Waals surface area contributed by atoms with Crippen molar-refractivity contribution in [2.75, 3.05) is 6.54 Å². The molecule has 1 unspecified atom stereocenters. The molecule has 1 atom stereocenters. The molecule has 0 spiro atoms. The van der Waals surface area contributed by atoms with Gasteiger partial charge in [-0.05, 0) is 18.5 Å². The molecule has 0 saturated carbocycles. The number of hydrogen-bond donors (Lipinski definition) is 1. The Labute approximate surface area is 126 Å². The first-order chi connectivity index (χ1) is 9.70. The summed E-state index contributed by atoms with van der Waals surface area (Å²) in [7, 11) is 0. The van der Waals surface area contributed by atoms with Crippen molar-refractivity contribution in [1.29, 1.82) is 0 Å². The summed E-state index contributed by atoms with van der Waals surface area (Å²) in [5, 5.41) is 7.08. The van der Waals surface area contributed by atoms with Gasteiger partial charge in [-0.15, -0.1) is 11.3 Å². The highest BCUT2D eigenvalue weighted by molar-refractivity contribution is 7.09. The molecule has 0 aliphatic heterocycles. The Hall–Kier alpha value is -1.19. The van der Waals surface area contributed by atoms with Gasteiger partial charge in [-0.25, -0.2) is 4.98 Å². The predicted molar refractivity (Wildman–Crippen MR) is 87.4 cm³/mol. The van der Waals surface area contributed by atoms with Crippen LogP contribution in [0.4, 0.5) is 0 Å². The van der Waals surface area contributed by atoms with E-state index in [1.807, 2.05) is 0 Å². The maximum absolute atomic E-state index is 4.76. The van der Waals surface area contributed by atoms with Crippen LogP contribution < -0.4 is 5.32 Å². The summed E-state index contributed by atoms with van der Waals surface area (Å²) < 4.78 is 0. The van der Waals surface area contributed by atoms with E-state index in [1.165, 1.54) is 16.3 Å². The summed E-state index contributed by atoms with van der Waals surface area (Å²) in [4.78, 5) is 4.76. The summed E-state index contributed by atoms with van der Waals surface area (Å²) in [6, 6.07) is 11.0. The molecule has 2 rings (SSSR count). The van der Waals surface area contributed by atoms with Crippen molar-refractivity contribution >= 4 is 11.3 Å². The van der Waals surface area contributed by atoms with E-state index in [4.69, 9.17) is 4.98 Å². The van der Waals surface area contributed by atoms with Gasteiger partial charge < -0.3 is 5.32 Å². The van der Waals surface area contributed by atoms with Crippen molar-refractivity contribution in [3.8, 4) is 0 Å². The molecular weight excluding hydrogens is 264 g/mol. The first-order valence-corrected chi connectivity index (χ1v) is 8.31. The van der Waals surface area contributed by atoms with Crippen molar-refractivity contribution in [1.82, 2.24) is 10.3 Å². The van der Waals surface area contributed by atoms with Crippen LogP contribution in [0.15, 0.2) is 35.7 Å². The van der Waals surface area contributed by atoms with Crippen molar-refractivity contribution in [2.24, 2.45) is 0 Å². The lowest BCUT2D eigenvalue weighted by molar-refractivity contribution is 0.524. The summed E-state index contributed by atoms with van der Waals surface area (Å²) in [5.41, 5.74) is 2.55. The van der Waals surface area contributed by atoms with E-state index >= 15 is 0 Å². The lowest BCUT2D eigenvalue weighted by Crippen LogP contribution is -2.24. The molecule has 3 heteroatoms. The fraction of sp³-hybridized carbons (Fsp3) is 0.471. The first-order valence-electron chi connectivity index (χ1n) is 7.43. The number of nitrogens with one attached hydrogen (secondary N) is 1. The topological polar surface area (TPSA) is 24.9 Å². The highest BCUT2D eigenvalue weighted by atomic mass is 32.1. The Bertz CT molecular complexity index is 505. The van der Waals surface area contributed by atoms with E-state index in [0.29, 0.717) is 12.0 Å². The number of aromatic nitrogens is 1. The molecule has 0 saturated heterocycles. The van der Waals surface area contributed by atoms with Crippen LogP contribution in [0.1, 0.15) is 55.4 Å². The van der Waals surface area contributed by atoms with Crippen LogP contribution in [0.2, 0.25) is 0 Å². The zero-order valence-electron chi connectivity index (χ0n) is 12.6. The second kappa shape index (κ2) is 7.55.